The molecule has 1 aliphatic rings. The lowest BCUT2D eigenvalue weighted by Crippen LogP contribution is -2.23. The molecular weight excluding hydrogens is 276 g/mol. The van der Waals surface area contributed by atoms with Crippen molar-refractivity contribution in [2.45, 2.75) is 0 Å². The van der Waals surface area contributed by atoms with Crippen LogP contribution in [-0.4, -0.2) is 30.9 Å². The van der Waals surface area contributed by atoms with Crippen molar-refractivity contribution in [2.75, 3.05) is 0 Å². The fourth-order valence-electron chi connectivity index (χ4n) is 1.49. The maximum absolute atomic E-state index is 11.9. The minimum absolute atomic E-state index is 0.0198. The number of carbonyl (C=O) groups excluding carboxylic acids is 1. The largest absolute Gasteiger partial charge is 0.507 e. The van der Waals surface area contributed by atoms with E-state index in [1.807, 2.05) is 6.07 Å². The first-order valence-electron chi connectivity index (χ1n) is 5.82. The van der Waals surface area contributed by atoms with E-state index < -0.39 is 0 Å². The molecule has 1 heterocycles. The van der Waals surface area contributed by atoms with Gasteiger partial charge in [-0.1, -0.05) is 42.5 Å². The first kappa shape index (κ1) is 13.7. The first-order valence-corrected chi connectivity index (χ1v) is 8.13. The molecule has 0 saturated carbocycles. The maximum Gasteiger partial charge on any atom is 0.286 e. The van der Waals surface area contributed by atoms with Crippen molar-refractivity contribution in [1.29, 1.82) is 0 Å². The summed E-state index contributed by atoms with van der Waals surface area (Å²) in [5.41, 5.74) is 0.919. The highest BCUT2D eigenvalue weighted by molar-refractivity contribution is 6.49. The van der Waals surface area contributed by atoms with Gasteiger partial charge in [0.25, 0.3) is 20.0 Å². The Morgan fingerprint density at radius 3 is 1.95 bits per heavy atom. The molecule has 0 aromatic heterocycles. The van der Waals surface area contributed by atoms with Crippen molar-refractivity contribution in [1.82, 2.24) is 0 Å². The summed E-state index contributed by atoms with van der Waals surface area (Å²) in [5, 5.41) is 9.52. The number of carbonyl (C=O) groups is 1. The van der Waals surface area contributed by atoms with Crippen molar-refractivity contribution in [2.24, 2.45) is 0 Å². The van der Waals surface area contributed by atoms with Crippen molar-refractivity contribution >= 4 is 25.8 Å². The summed E-state index contributed by atoms with van der Waals surface area (Å²) in [6.07, 6.45) is 0. The maximum atomic E-state index is 11.9. The minimum Gasteiger partial charge on any atom is -0.507 e. The molecule has 0 unspecified atom stereocenters. The molecule has 19 heavy (non-hydrogen) atoms. The Hall–Kier alpha value is -1.74. The molecule has 0 bridgehead atoms. The summed E-state index contributed by atoms with van der Waals surface area (Å²) in [6, 6.07) is 15.5. The summed E-state index contributed by atoms with van der Waals surface area (Å²) in [4.78, 5) is 11.9. The van der Waals surface area contributed by atoms with Gasteiger partial charge in [-0.2, -0.15) is 0 Å². The molecule has 6 heteroatoms. The predicted octanol–water partition coefficient (Wildman–Crippen LogP) is 0.654. The quantitative estimate of drug-likeness (QED) is 0.652. The number of ketones is 1. The minimum atomic E-state index is -0.333. The zero-order valence-electron chi connectivity index (χ0n) is 10.3. The molecule has 0 amide bonds. The van der Waals surface area contributed by atoms with Gasteiger partial charge >= 0.3 is 0 Å². The van der Waals surface area contributed by atoms with Gasteiger partial charge in [-0.05, 0) is 12.1 Å². The number of aromatic hydroxyl groups is 1. The molecule has 2 aromatic rings. The second kappa shape index (κ2) is 7.00. The van der Waals surface area contributed by atoms with Crippen LogP contribution in [0.4, 0.5) is 0 Å². The van der Waals surface area contributed by atoms with Gasteiger partial charge in [0.05, 0.1) is 5.56 Å². The second-order valence-corrected chi connectivity index (χ2v) is 7.59. The van der Waals surface area contributed by atoms with Crippen LogP contribution in [0.2, 0.25) is 0 Å². The zero-order valence-corrected chi connectivity index (χ0v) is 13.1. The Morgan fingerprint density at radius 2 is 1.42 bits per heavy atom. The number of hydrogen-bond donors (Lipinski definition) is 1. The average Bonchev–Trinajstić information content (AvgIpc) is 2.38. The Bertz CT molecular complexity index is 537. The fraction of sp³-hybridized carbons (Fsp3) is 0. The molecular formula is C13H14O4Si2. The zero-order chi connectivity index (χ0) is 13.5. The van der Waals surface area contributed by atoms with Crippen LogP contribution in [0.25, 0.3) is 0 Å². The topological polar surface area (TPSA) is 55.8 Å². The van der Waals surface area contributed by atoms with Crippen LogP contribution in [0.3, 0.4) is 0 Å². The normalized spacial score (nSPS) is 15.4. The Balaban J connectivity index is 0.000000284. The van der Waals surface area contributed by atoms with Crippen molar-refractivity contribution in [3.8, 4) is 5.75 Å². The van der Waals surface area contributed by atoms with Gasteiger partial charge < -0.3 is 13.3 Å². The van der Waals surface area contributed by atoms with E-state index in [2.05, 4.69) is 0 Å². The molecule has 0 radical (unpaired) electrons. The van der Waals surface area contributed by atoms with E-state index in [1.165, 1.54) is 6.07 Å². The predicted molar refractivity (Wildman–Crippen MR) is 77.2 cm³/mol. The molecule has 2 aromatic carbocycles. The number of para-hydroxylation sites is 1. The third-order valence-corrected chi connectivity index (χ3v) is 5.18. The van der Waals surface area contributed by atoms with E-state index in [0.717, 1.165) is 0 Å². The lowest BCUT2D eigenvalue weighted by molar-refractivity contribution is 0.103. The van der Waals surface area contributed by atoms with E-state index in [0.29, 0.717) is 11.1 Å². The highest BCUT2D eigenvalue weighted by atomic mass is 28.4. The third kappa shape index (κ3) is 3.86. The standard InChI is InChI=1S/C13H10O2.H4O2Si2/c14-12-9-5-4-8-11(12)13(15)10-6-2-1-3-7-10;1-3-2-4-1/h1-9,14H;3-4H2. The van der Waals surface area contributed by atoms with Crippen molar-refractivity contribution in [3.63, 3.8) is 0 Å². The summed E-state index contributed by atoms with van der Waals surface area (Å²) in [5.74, 6) is -0.139. The number of benzene rings is 2. The number of phenolic OH excluding ortho intramolecular Hbond substituents is 1. The molecule has 0 spiro atoms. The summed E-state index contributed by atoms with van der Waals surface area (Å²) < 4.78 is 9.56. The molecule has 98 valence electrons. The second-order valence-electron chi connectivity index (χ2n) is 3.86. The molecule has 1 N–H and O–H groups in total. The SMILES string of the molecule is O1[SiH2]O[SiH2]1.O=C(c1ccccc1)c1ccccc1O. The highest BCUT2D eigenvalue weighted by Crippen LogP contribution is 2.19. The van der Waals surface area contributed by atoms with Gasteiger partial charge in [0.2, 0.25) is 0 Å². The van der Waals surface area contributed by atoms with Crippen LogP contribution in [-0.2, 0) is 8.23 Å². The summed E-state index contributed by atoms with van der Waals surface area (Å²) >= 11 is 0. The fourth-order valence-corrected chi connectivity index (χ4v) is 2.16. The Kier molecular flexibility index (Phi) is 5.04. The van der Waals surface area contributed by atoms with Crippen LogP contribution >= 0.6 is 0 Å². The Morgan fingerprint density at radius 1 is 0.895 bits per heavy atom. The van der Waals surface area contributed by atoms with Gasteiger partial charge in [0.1, 0.15) is 5.75 Å². The molecule has 0 aliphatic carbocycles. The van der Waals surface area contributed by atoms with E-state index in [1.54, 1.807) is 42.5 Å². The van der Waals surface area contributed by atoms with Crippen LogP contribution < -0.4 is 0 Å². The lowest BCUT2D eigenvalue weighted by Gasteiger charge is -2.10. The highest BCUT2D eigenvalue weighted by Gasteiger charge is 2.11. The molecule has 1 saturated heterocycles. The Labute approximate surface area is 116 Å². The monoisotopic (exact) mass is 290 g/mol. The van der Waals surface area contributed by atoms with Gasteiger partial charge in [0, 0.05) is 5.56 Å². The van der Waals surface area contributed by atoms with Crippen LogP contribution in [0, 0.1) is 0 Å². The third-order valence-electron chi connectivity index (χ3n) is 2.52. The van der Waals surface area contributed by atoms with E-state index in [4.69, 9.17) is 8.23 Å². The van der Waals surface area contributed by atoms with Gasteiger partial charge in [-0.15, -0.1) is 0 Å². The van der Waals surface area contributed by atoms with Gasteiger partial charge in [-0.3, -0.25) is 4.79 Å². The van der Waals surface area contributed by atoms with E-state index in [-0.39, 0.29) is 31.5 Å². The van der Waals surface area contributed by atoms with Crippen LogP contribution in [0.5, 0.6) is 5.75 Å². The lowest BCUT2D eigenvalue weighted by atomic mass is 10.0. The van der Waals surface area contributed by atoms with Crippen molar-refractivity contribution in [3.05, 3.63) is 65.7 Å². The van der Waals surface area contributed by atoms with Gasteiger partial charge in [-0.25, -0.2) is 0 Å². The summed E-state index contributed by atoms with van der Waals surface area (Å²) in [7, 11) is -0.667. The molecule has 1 fully saturated rings. The van der Waals surface area contributed by atoms with Crippen molar-refractivity contribution < 1.29 is 18.1 Å². The molecule has 1 aliphatic heterocycles. The van der Waals surface area contributed by atoms with E-state index in [9.17, 15) is 9.90 Å². The van der Waals surface area contributed by atoms with Crippen LogP contribution in [0.1, 0.15) is 15.9 Å². The first-order chi connectivity index (χ1) is 9.29. The summed E-state index contributed by atoms with van der Waals surface area (Å²) in [6.45, 7) is 0. The van der Waals surface area contributed by atoms with Gasteiger partial charge in [0.15, 0.2) is 5.78 Å². The smallest absolute Gasteiger partial charge is 0.286 e. The number of phenols is 1. The van der Waals surface area contributed by atoms with E-state index >= 15 is 0 Å². The molecule has 0 atom stereocenters. The average molecular weight is 290 g/mol. The molecule has 4 nitrogen and oxygen atoms in total. The molecule has 3 rings (SSSR count). The number of rotatable bonds is 2. The number of hydrogen-bond acceptors (Lipinski definition) is 4. The van der Waals surface area contributed by atoms with Crippen LogP contribution in [0.15, 0.2) is 54.6 Å².